The summed E-state index contributed by atoms with van der Waals surface area (Å²) in [7, 11) is 0. The van der Waals surface area contributed by atoms with E-state index in [2.05, 4.69) is 4.99 Å². The predicted octanol–water partition coefficient (Wildman–Crippen LogP) is 1.63. The van der Waals surface area contributed by atoms with Gasteiger partial charge in [-0.25, -0.2) is 0 Å². The van der Waals surface area contributed by atoms with Crippen LogP contribution in [0.25, 0.3) is 0 Å². The third-order valence-electron chi connectivity index (χ3n) is 0.768. The normalized spacial score (nSPS) is 14.6. The second kappa shape index (κ2) is 2.70. The van der Waals surface area contributed by atoms with Gasteiger partial charge in [0.25, 0.3) is 0 Å². The van der Waals surface area contributed by atoms with Crippen molar-refractivity contribution in [3.63, 3.8) is 0 Å². The molecule has 1 N–H and O–H groups in total. The maximum absolute atomic E-state index is 9.23. The molecule has 0 aliphatic carbocycles. The molecule has 0 aliphatic rings. The predicted molar refractivity (Wildman–Crippen MR) is 44.5 cm³/mol. The lowest BCUT2D eigenvalue weighted by Gasteiger charge is -2.15. The SMILES string of the molecule is CC(C)(O)C=NC(C)(C)C. The van der Waals surface area contributed by atoms with Crippen molar-refractivity contribution in [3.8, 4) is 0 Å². The molecule has 0 aliphatic heterocycles. The Labute approximate surface area is 63.0 Å². The number of aliphatic hydroxyl groups is 1. The number of aliphatic imine (C=N–C) groups is 1. The number of rotatable bonds is 1. The zero-order chi connectivity index (χ0) is 8.41. The van der Waals surface area contributed by atoms with Crippen molar-refractivity contribution in [2.75, 3.05) is 0 Å². The van der Waals surface area contributed by atoms with Gasteiger partial charge in [0, 0.05) is 6.21 Å². The summed E-state index contributed by atoms with van der Waals surface area (Å²) in [6.07, 6.45) is 1.58. The Balaban J connectivity index is 4.01. The van der Waals surface area contributed by atoms with E-state index >= 15 is 0 Å². The molecule has 10 heavy (non-hydrogen) atoms. The van der Waals surface area contributed by atoms with Crippen LogP contribution >= 0.6 is 0 Å². The first-order valence-electron chi connectivity index (χ1n) is 3.49. The van der Waals surface area contributed by atoms with Gasteiger partial charge in [-0.3, -0.25) is 4.99 Å². The first-order chi connectivity index (χ1) is 4.21. The van der Waals surface area contributed by atoms with Crippen molar-refractivity contribution < 1.29 is 5.11 Å². The van der Waals surface area contributed by atoms with Crippen molar-refractivity contribution in [1.29, 1.82) is 0 Å². The van der Waals surface area contributed by atoms with Crippen LogP contribution < -0.4 is 0 Å². The molecular weight excluding hydrogens is 126 g/mol. The van der Waals surface area contributed by atoms with Crippen molar-refractivity contribution in [2.45, 2.75) is 45.8 Å². The molecule has 0 spiro atoms. The van der Waals surface area contributed by atoms with E-state index in [0.29, 0.717) is 0 Å². The summed E-state index contributed by atoms with van der Waals surface area (Å²) in [6.45, 7) is 9.41. The highest BCUT2D eigenvalue weighted by Gasteiger charge is 2.11. The maximum atomic E-state index is 9.23. The molecule has 0 aromatic carbocycles. The molecule has 0 saturated carbocycles. The fourth-order valence-corrected chi connectivity index (χ4v) is 0.352. The highest BCUT2D eigenvalue weighted by atomic mass is 16.3. The van der Waals surface area contributed by atoms with E-state index < -0.39 is 5.60 Å². The minimum Gasteiger partial charge on any atom is -0.385 e. The molecule has 0 saturated heterocycles. The molecule has 0 aromatic heterocycles. The summed E-state index contributed by atoms with van der Waals surface area (Å²) < 4.78 is 0. The van der Waals surface area contributed by atoms with E-state index in [4.69, 9.17) is 0 Å². The van der Waals surface area contributed by atoms with Crippen LogP contribution in [0.5, 0.6) is 0 Å². The first-order valence-corrected chi connectivity index (χ1v) is 3.49. The maximum Gasteiger partial charge on any atom is 0.0937 e. The highest BCUT2D eigenvalue weighted by Crippen LogP contribution is 2.07. The zero-order valence-corrected chi connectivity index (χ0v) is 7.47. The molecule has 0 fully saturated rings. The third-order valence-corrected chi connectivity index (χ3v) is 0.768. The van der Waals surface area contributed by atoms with Gasteiger partial charge in [-0.15, -0.1) is 0 Å². The van der Waals surface area contributed by atoms with Crippen LogP contribution in [0.2, 0.25) is 0 Å². The molecule has 0 atom stereocenters. The molecule has 0 rings (SSSR count). The van der Waals surface area contributed by atoms with Crippen LogP contribution in [0.1, 0.15) is 34.6 Å². The lowest BCUT2D eigenvalue weighted by atomic mass is 10.1. The van der Waals surface area contributed by atoms with Gasteiger partial charge in [-0.1, -0.05) is 0 Å². The Hall–Kier alpha value is -0.370. The number of hydrogen-bond donors (Lipinski definition) is 1. The summed E-state index contributed by atoms with van der Waals surface area (Å²) in [6, 6.07) is 0. The summed E-state index contributed by atoms with van der Waals surface area (Å²) >= 11 is 0. The van der Waals surface area contributed by atoms with E-state index in [-0.39, 0.29) is 5.54 Å². The molecule has 0 aromatic rings. The lowest BCUT2D eigenvalue weighted by Crippen LogP contribution is -2.23. The van der Waals surface area contributed by atoms with Gasteiger partial charge in [0.2, 0.25) is 0 Å². The van der Waals surface area contributed by atoms with Crippen LogP contribution in [0, 0.1) is 0 Å². The smallest absolute Gasteiger partial charge is 0.0937 e. The van der Waals surface area contributed by atoms with Gasteiger partial charge in [-0.05, 0) is 34.6 Å². The van der Waals surface area contributed by atoms with E-state index in [9.17, 15) is 5.11 Å². The summed E-state index contributed by atoms with van der Waals surface area (Å²) in [4.78, 5) is 4.15. The van der Waals surface area contributed by atoms with Gasteiger partial charge >= 0.3 is 0 Å². The van der Waals surface area contributed by atoms with E-state index in [1.807, 2.05) is 20.8 Å². The topological polar surface area (TPSA) is 32.6 Å². The van der Waals surface area contributed by atoms with E-state index in [1.54, 1.807) is 20.1 Å². The van der Waals surface area contributed by atoms with E-state index in [0.717, 1.165) is 0 Å². The Bertz CT molecular complexity index is 109. The quantitative estimate of drug-likeness (QED) is 0.556. The number of hydrogen-bond acceptors (Lipinski definition) is 2. The van der Waals surface area contributed by atoms with Crippen LogP contribution in [0.15, 0.2) is 4.99 Å². The van der Waals surface area contributed by atoms with Gasteiger partial charge in [0.05, 0.1) is 11.1 Å². The van der Waals surface area contributed by atoms with E-state index in [1.165, 1.54) is 0 Å². The lowest BCUT2D eigenvalue weighted by molar-refractivity contribution is 0.158. The zero-order valence-electron chi connectivity index (χ0n) is 7.47. The fraction of sp³-hybridized carbons (Fsp3) is 0.875. The standard InChI is InChI=1S/C8H17NO/c1-7(2,3)9-6-8(4,5)10/h6,10H,1-5H3. The average molecular weight is 143 g/mol. The van der Waals surface area contributed by atoms with Crippen molar-refractivity contribution >= 4 is 6.21 Å². The number of nitrogens with zero attached hydrogens (tertiary/aromatic N) is 1. The molecule has 0 radical (unpaired) electrons. The Morgan fingerprint density at radius 1 is 1.10 bits per heavy atom. The largest absolute Gasteiger partial charge is 0.385 e. The monoisotopic (exact) mass is 143 g/mol. The van der Waals surface area contributed by atoms with Crippen molar-refractivity contribution in [3.05, 3.63) is 0 Å². The molecule has 0 amide bonds. The molecule has 60 valence electrons. The molecule has 0 unspecified atom stereocenters. The van der Waals surface area contributed by atoms with Gasteiger partial charge in [0.15, 0.2) is 0 Å². The van der Waals surface area contributed by atoms with Crippen LogP contribution in [0.4, 0.5) is 0 Å². The molecule has 0 bridgehead atoms. The summed E-state index contributed by atoms with van der Waals surface area (Å²) in [5.41, 5.74) is -0.868. The minimum atomic E-state index is -0.784. The second-order valence-corrected chi connectivity index (χ2v) is 4.08. The van der Waals surface area contributed by atoms with Gasteiger partial charge < -0.3 is 5.11 Å². The molecule has 2 nitrogen and oxygen atoms in total. The average Bonchev–Trinajstić information content (AvgIpc) is 1.57. The highest BCUT2D eigenvalue weighted by molar-refractivity contribution is 5.67. The molecule has 0 heterocycles. The van der Waals surface area contributed by atoms with Crippen LogP contribution in [-0.2, 0) is 0 Å². The fourth-order valence-electron chi connectivity index (χ4n) is 0.352. The Kier molecular flexibility index (Phi) is 2.60. The third kappa shape index (κ3) is 7.63. The van der Waals surface area contributed by atoms with Crippen LogP contribution in [0.3, 0.4) is 0 Å². The second-order valence-electron chi connectivity index (χ2n) is 4.08. The summed E-state index contributed by atoms with van der Waals surface area (Å²) in [5, 5.41) is 9.23. The van der Waals surface area contributed by atoms with Gasteiger partial charge in [-0.2, -0.15) is 0 Å². The Morgan fingerprint density at radius 3 is 1.60 bits per heavy atom. The van der Waals surface area contributed by atoms with Crippen molar-refractivity contribution in [1.82, 2.24) is 0 Å². The summed E-state index contributed by atoms with van der Waals surface area (Å²) in [5.74, 6) is 0. The molecule has 2 heteroatoms. The Morgan fingerprint density at radius 2 is 1.50 bits per heavy atom. The van der Waals surface area contributed by atoms with Crippen molar-refractivity contribution in [2.24, 2.45) is 4.99 Å². The van der Waals surface area contributed by atoms with Crippen LogP contribution in [-0.4, -0.2) is 22.5 Å². The minimum absolute atomic E-state index is 0.0833. The first kappa shape index (κ1) is 9.63. The van der Waals surface area contributed by atoms with Gasteiger partial charge in [0.1, 0.15) is 0 Å². The molecular formula is C8H17NO.